The molecule has 2 saturated heterocycles. The van der Waals surface area contributed by atoms with Crippen molar-refractivity contribution in [1.29, 1.82) is 0 Å². The van der Waals surface area contributed by atoms with Gasteiger partial charge in [-0.25, -0.2) is 4.98 Å². The fraction of sp³-hybridized carbons (Fsp3) is 0.667. The van der Waals surface area contributed by atoms with Crippen LogP contribution in [0.1, 0.15) is 37.4 Å². The lowest BCUT2D eigenvalue weighted by Gasteiger charge is -2.30. The van der Waals surface area contributed by atoms with Gasteiger partial charge in [0.1, 0.15) is 5.82 Å². The molecular formula is C15H23N5O. The molecule has 2 aliphatic rings. The van der Waals surface area contributed by atoms with Crippen molar-refractivity contribution in [2.24, 2.45) is 5.92 Å². The summed E-state index contributed by atoms with van der Waals surface area (Å²) in [4.78, 5) is 23.6. The van der Waals surface area contributed by atoms with Crippen molar-refractivity contribution in [1.82, 2.24) is 20.2 Å². The lowest BCUT2D eigenvalue weighted by atomic mass is 9.96. The minimum atomic E-state index is 0.0909. The summed E-state index contributed by atoms with van der Waals surface area (Å²) in [6.45, 7) is 2.74. The van der Waals surface area contributed by atoms with Crippen LogP contribution in [-0.4, -0.2) is 47.5 Å². The number of carbonyl (C=O) groups excluding carboxylic acids is 1. The first kappa shape index (κ1) is 14.3. The zero-order valence-electron chi connectivity index (χ0n) is 12.5. The molecule has 2 N–H and O–H groups in total. The van der Waals surface area contributed by atoms with Crippen LogP contribution >= 0.6 is 0 Å². The molecule has 0 saturated carbocycles. The number of amides is 1. The minimum Gasteiger partial charge on any atom is -0.372 e. The normalized spacial score (nSPS) is 23.3. The number of likely N-dealkylation sites (tertiary alicyclic amines) is 1. The van der Waals surface area contributed by atoms with Gasteiger partial charge in [0, 0.05) is 19.5 Å². The lowest BCUT2D eigenvalue weighted by Crippen LogP contribution is -2.40. The maximum Gasteiger partial charge on any atom is 0.226 e. The van der Waals surface area contributed by atoms with E-state index in [1.54, 1.807) is 12.4 Å². The predicted molar refractivity (Wildman–Crippen MR) is 80.9 cm³/mol. The number of piperidine rings is 1. The van der Waals surface area contributed by atoms with Gasteiger partial charge in [0.25, 0.3) is 0 Å². The van der Waals surface area contributed by atoms with Crippen LogP contribution in [0.5, 0.6) is 0 Å². The molecule has 1 aromatic rings. The van der Waals surface area contributed by atoms with Crippen molar-refractivity contribution in [3.05, 3.63) is 18.1 Å². The van der Waals surface area contributed by atoms with Crippen molar-refractivity contribution >= 4 is 11.7 Å². The van der Waals surface area contributed by atoms with Crippen LogP contribution in [0.2, 0.25) is 0 Å². The fourth-order valence-electron chi connectivity index (χ4n) is 3.30. The summed E-state index contributed by atoms with van der Waals surface area (Å²) in [5, 5.41) is 6.33. The van der Waals surface area contributed by atoms with Crippen molar-refractivity contribution < 1.29 is 4.79 Å². The molecule has 0 bridgehead atoms. The Balaban J connectivity index is 1.76. The average Bonchev–Trinajstić information content (AvgIpc) is 3.04. The Kier molecular flexibility index (Phi) is 4.34. The third-order valence-electron chi connectivity index (χ3n) is 4.47. The molecule has 6 heteroatoms. The summed E-state index contributed by atoms with van der Waals surface area (Å²) in [6, 6.07) is 0.0909. The first-order chi connectivity index (χ1) is 10.3. The topological polar surface area (TPSA) is 70.2 Å². The quantitative estimate of drug-likeness (QED) is 0.874. The van der Waals surface area contributed by atoms with Crippen LogP contribution in [0, 0.1) is 5.92 Å². The van der Waals surface area contributed by atoms with Crippen molar-refractivity contribution in [2.45, 2.75) is 31.7 Å². The molecule has 0 aromatic carbocycles. The number of anilines is 1. The highest BCUT2D eigenvalue weighted by atomic mass is 16.2. The van der Waals surface area contributed by atoms with E-state index >= 15 is 0 Å². The number of aromatic nitrogens is 2. The molecular weight excluding hydrogens is 266 g/mol. The zero-order chi connectivity index (χ0) is 14.7. The molecule has 2 fully saturated rings. The molecule has 1 atom stereocenters. The second-order valence-corrected chi connectivity index (χ2v) is 5.79. The van der Waals surface area contributed by atoms with Crippen molar-refractivity contribution in [3.63, 3.8) is 0 Å². The second-order valence-electron chi connectivity index (χ2n) is 5.79. The molecule has 0 aliphatic carbocycles. The maximum absolute atomic E-state index is 12.8. The van der Waals surface area contributed by atoms with E-state index in [4.69, 9.17) is 0 Å². The summed E-state index contributed by atoms with van der Waals surface area (Å²) in [6.07, 6.45) is 7.43. The zero-order valence-corrected chi connectivity index (χ0v) is 12.5. The Morgan fingerprint density at radius 2 is 2.14 bits per heavy atom. The van der Waals surface area contributed by atoms with E-state index in [-0.39, 0.29) is 12.0 Å². The molecule has 3 heterocycles. The molecule has 1 aromatic heterocycles. The van der Waals surface area contributed by atoms with Gasteiger partial charge in [-0.1, -0.05) is 0 Å². The third kappa shape index (κ3) is 3.00. The minimum absolute atomic E-state index is 0.0909. The molecule has 21 heavy (non-hydrogen) atoms. The number of rotatable bonds is 3. The Labute approximate surface area is 125 Å². The van der Waals surface area contributed by atoms with E-state index in [9.17, 15) is 4.79 Å². The Hall–Kier alpha value is -1.69. The largest absolute Gasteiger partial charge is 0.372 e. The summed E-state index contributed by atoms with van der Waals surface area (Å²) in [7, 11) is 1.83. The van der Waals surface area contributed by atoms with E-state index in [0.717, 1.165) is 56.8 Å². The number of hydrogen-bond acceptors (Lipinski definition) is 5. The fourth-order valence-corrected chi connectivity index (χ4v) is 3.30. The van der Waals surface area contributed by atoms with Gasteiger partial charge in [-0.05, 0) is 38.8 Å². The van der Waals surface area contributed by atoms with Crippen LogP contribution < -0.4 is 10.6 Å². The van der Waals surface area contributed by atoms with Crippen LogP contribution in [-0.2, 0) is 4.79 Å². The number of nitrogens with zero attached hydrogens (tertiary/aromatic N) is 3. The molecule has 1 unspecified atom stereocenters. The molecule has 0 spiro atoms. The van der Waals surface area contributed by atoms with Gasteiger partial charge in [-0.3, -0.25) is 9.78 Å². The van der Waals surface area contributed by atoms with Gasteiger partial charge in [-0.15, -0.1) is 0 Å². The number of hydrogen-bond donors (Lipinski definition) is 2. The summed E-state index contributed by atoms with van der Waals surface area (Å²) < 4.78 is 0. The SMILES string of the molecule is CNc1cncc(C2CCCN2C(=O)C2CCNCC2)n1. The second kappa shape index (κ2) is 6.39. The number of nitrogens with one attached hydrogen (secondary N) is 2. The Bertz CT molecular complexity index is 501. The first-order valence-electron chi connectivity index (χ1n) is 7.80. The average molecular weight is 289 g/mol. The predicted octanol–water partition coefficient (Wildman–Crippen LogP) is 1.18. The molecule has 6 nitrogen and oxygen atoms in total. The van der Waals surface area contributed by atoms with Gasteiger partial charge in [0.15, 0.2) is 0 Å². The number of carbonyl (C=O) groups is 1. The monoisotopic (exact) mass is 289 g/mol. The molecule has 1 amide bonds. The smallest absolute Gasteiger partial charge is 0.226 e. The van der Waals surface area contributed by atoms with Gasteiger partial charge in [0.2, 0.25) is 5.91 Å². The van der Waals surface area contributed by atoms with Crippen LogP contribution in [0.25, 0.3) is 0 Å². The summed E-state index contributed by atoms with van der Waals surface area (Å²) in [5.74, 6) is 1.23. The highest BCUT2D eigenvalue weighted by Crippen LogP contribution is 2.33. The third-order valence-corrected chi connectivity index (χ3v) is 4.47. The highest BCUT2D eigenvalue weighted by molar-refractivity contribution is 5.79. The van der Waals surface area contributed by atoms with Gasteiger partial charge < -0.3 is 15.5 Å². The Morgan fingerprint density at radius 1 is 1.33 bits per heavy atom. The van der Waals surface area contributed by atoms with Crippen molar-refractivity contribution in [3.8, 4) is 0 Å². The summed E-state index contributed by atoms with van der Waals surface area (Å²) in [5.41, 5.74) is 0.904. The van der Waals surface area contributed by atoms with Crippen LogP contribution in [0.4, 0.5) is 5.82 Å². The van der Waals surface area contributed by atoms with E-state index in [1.807, 2.05) is 11.9 Å². The summed E-state index contributed by atoms with van der Waals surface area (Å²) >= 11 is 0. The van der Waals surface area contributed by atoms with Crippen LogP contribution in [0.15, 0.2) is 12.4 Å². The first-order valence-corrected chi connectivity index (χ1v) is 7.80. The Morgan fingerprint density at radius 3 is 2.90 bits per heavy atom. The van der Waals surface area contributed by atoms with Gasteiger partial charge in [-0.2, -0.15) is 0 Å². The molecule has 0 radical (unpaired) electrons. The standard InChI is InChI=1S/C15H23N5O/c1-16-14-10-18-9-12(19-14)13-3-2-8-20(13)15(21)11-4-6-17-7-5-11/h9-11,13,17H,2-8H2,1H3,(H,16,19). The molecule has 114 valence electrons. The highest BCUT2D eigenvalue weighted by Gasteiger charge is 2.35. The van der Waals surface area contributed by atoms with E-state index in [2.05, 4.69) is 20.6 Å². The van der Waals surface area contributed by atoms with E-state index < -0.39 is 0 Å². The van der Waals surface area contributed by atoms with E-state index in [1.165, 1.54) is 0 Å². The maximum atomic E-state index is 12.8. The lowest BCUT2D eigenvalue weighted by molar-refractivity contribution is -0.137. The van der Waals surface area contributed by atoms with E-state index in [0.29, 0.717) is 5.91 Å². The van der Waals surface area contributed by atoms with Gasteiger partial charge in [0.05, 0.1) is 24.1 Å². The van der Waals surface area contributed by atoms with Crippen LogP contribution in [0.3, 0.4) is 0 Å². The van der Waals surface area contributed by atoms with Crippen molar-refractivity contribution in [2.75, 3.05) is 32.0 Å². The molecule has 2 aliphatic heterocycles. The van der Waals surface area contributed by atoms with Gasteiger partial charge >= 0.3 is 0 Å². The molecule has 3 rings (SSSR count).